The Morgan fingerprint density at radius 2 is 0.844 bits per heavy atom. The highest BCUT2D eigenvalue weighted by Crippen LogP contribution is 2.25. The average molecular weight is 605 g/mol. The zero-order valence-corrected chi connectivity index (χ0v) is 25.7. The van der Waals surface area contributed by atoms with Crippen molar-refractivity contribution in [3.63, 3.8) is 0 Å². The molecular weight excluding hydrogens is 572 g/mol. The summed E-state index contributed by atoms with van der Waals surface area (Å²) in [6.45, 7) is 0. The van der Waals surface area contributed by atoms with Gasteiger partial charge in [-0.25, -0.2) is 9.97 Å². The first-order chi connectivity index (χ1) is 22.2. The topological polar surface area (TPSA) is 35.6 Å². The first-order valence-corrected chi connectivity index (χ1v) is 15.7. The van der Waals surface area contributed by atoms with E-state index in [2.05, 4.69) is 110 Å². The minimum atomic E-state index is 0.800. The fraction of sp³-hybridized carbons (Fsp3) is 0.100. The van der Waals surface area contributed by atoms with Gasteiger partial charge in [0.05, 0.1) is 0 Å². The standard InChI is InChI=1S/C40H33ClN4/c41-36-28-32(13-11-30-15-19-34(20-16-30)39-42-23-25-44(39)37-7-3-1-4-8-37)27-33(29-36)14-12-31-17-21-35(22-18-31)40-43-24-26-45(40)38-9-5-2-6-10-38/h1-10,15-29H,11-14H2. The van der Waals surface area contributed by atoms with E-state index < -0.39 is 0 Å². The summed E-state index contributed by atoms with van der Waals surface area (Å²) < 4.78 is 4.25. The molecular formula is C40H33ClN4. The van der Waals surface area contributed by atoms with Crippen molar-refractivity contribution >= 4 is 11.6 Å². The Labute approximate surface area is 269 Å². The zero-order chi connectivity index (χ0) is 30.4. The van der Waals surface area contributed by atoms with Gasteiger partial charge < -0.3 is 0 Å². The molecule has 45 heavy (non-hydrogen) atoms. The predicted molar refractivity (Wildman–Crippen MR) is 184 cm³/mol. The molecule has 0 amide bonds. The van der Waals surface area contributed by atoms with Gasteiger partial charge in [0.25, 0.3) is 0 Å². The summed E-state index contributed by atoms with van der Waals surface area (Å²) in [7, 11) is 0. The number of rotatable bonds is 10. The molecule has 0 unspecified atom stereocenters. The maximum absolute atomic E-state index is 6.58. The van der Waals surface area contributed by atoms with Crippen molar-refractivity contribution in [2.24, 2.45) is 0 Å². The summed E-state index contributed by atoms with van der Waals surface area (Å²) >= 11 is 6.58. The zero-order valence-electron chi connectivity index (χ0n) is 24.9. The van der Waals surface area contributed by atoms with Gasteiger partial charge in [-0.05, 0) is 84.3 Å². The third kappa shape index (κ3) is 6.67. The number of halogens is 1. The number of aryl methyl sites for hydroxylation is 4. The van der Waals surface area contributed by atoms with Crippen molar-refractivity contribution < 1.29 is 0 Å². The van der Waals surface area contributed by atoms with Crippen LogP contribution in [0.1, 0.15) is 22.3 Å². The van der Waals surface area contributed by atoms with Gasteiger partial charge in [-0.3, -0.25) is 9.13 Å². The lowest BCUT2D eigenvalue weighted by Crippen LogP contribution is -1.98. The van der Waals surface area contributed by atoms with Gasteiger partial charge in [0.1, 0.15) is 11.6 Å². The first-order valence-electron chi connectivity index (χ1n) is 15.3. The third-order valence-corrected chi connectivity index (χ3v) is 8.41. The number of hydrogen-bond donors (Lipinski definition) is 0. The maximum Gasteiger partial charge on any atom is 0.144 e. The molecule has 0 aliphatic heterocycles. The van der Waals surface area contributed by atoms with Crippen LogP contribution in [0.2, 0.25) is 5.02 Å². The van der Waals surface area contributed by atoms with Crippen LogP contribution < -0.4 is 0 Å². The molecule has 2 heterocycles. The lowest BCUT2D eigenvalue weighted by atomic mass is 9.98. The summed E-state index contributed by atoms with van der Waals surface area (Å²) in [6, 6.07) is 44.6. The molecule has 0 N–H and O–H groups in total. The Hall–Kier alpha value is -5.19. The van der Waals surface area contributed by atoms with Crippen molar-refractivity contribution in [1.29, 1.82) is 0 Å². The van der Waals surface area contributed by atoms with Gasteiger partial charge >= 0.3 is 0 Å². The summed E-state index contributed by atoms with van der Waals surface area (Å²) in [5.41, 5.74) is 9.55. The summed E-state index contributed by atoms with van der Waals surface area (Å²) in [5.74, 6) is 1.89. The van der Waals surface area contributed by atoms with Crippen LogP contribution in [0.15, 0.2) is 152 Å². The lowest BCUT2D eigenvalue weighted by molar-refractivity contribution is 0.930. The van der Waals surface area contributed by atoms with E-state index in [1.165, 1.54) is 22.3 Å². The SMILES string of the molecule is Clc1cc(CCc2ccc(-c3nccn3-c3ccccc3)cc2)cc(CCc2ccc(-c3nccn3-c3ccccc3)cc2)c1. The van der Waals surface area contributed by atoms with Crippen LogP contribution in [0.5, 0.6) is 0 Å². The number of hydrogen-bond acceptors (Lipinski definition) is 2. The van der Waals surface area contributed by atoms with Gasteiger partial charge in [-0.15, -0.1) is 0 Å². The minimum absolute atomic E-state index is 0.800. The highest BCUT2D eigenvalue weighted by Gasteiger charge is 2.10. The molecule has 0 saturated carbocycles. The number of imidazole rings is 2. The number of aromatic nitrogens is 4. The number of benzene rings is 5. The van der Waals surface area contributed by atoms with E-state index >= 15 is 0 Å². The fourth-order valence-electron chi connectivity index (χ4n) is 5.85. The molecule has 0 radical (unpaired) electrons. The molecule has 7 aromatic rings. The number of nitrogens with zero attached hydrogens (tertiary/aromatic N) is 4. The van der Waals surface area contributed by atoms with Gasteiger partial charge in [0, 0.05) is 52.3 Å². The van der Waals surface area contributed by atoms with E-state index in [1.807, 2.05) is 61.2 Å². The molecule has 0 atom stereocenters. The first kappa shape index (κ1) is 28.6. The summed E-state index contributed by atoms with van der Waals surface area (Å²) in [6.07, 6.45) is 11.5. The van der Waals surface area contributed by atoms with E-state index in [4.69, 9.17) is 11.6 Å². The van der Waals surface area contributed by atoms with Crippen molar-refractivity contribution in [3.8, 4) is 34.2 Å². The molecule has 2 aromatic heterocycles. The molecule has 4 nitrogen and oxygen atoms in total. The fourth-order valence-corrected chi connectivity index (χ4v) is 6.13. The van der Waals surface area contributed by atoms with Crippen LogP contribution in [-0.4, -0.2) is 19.1 Å². The second-order valence-electron chi connectivity index (χ2n) is 11.3. The Kier molecular flexibility index (Phi) is 8.39. The third-order valence-electron chi connectivity index (χ3n) is 8.20. The normalized spacial score (nSPS) is 11.1. The van der Waals surface area contributed by atoms with Gasteiger partial charge in [-0.1, -0.05) is 103 Å². The largest absolute Gasteiger partial charge is 0.300 e. The second kappa shape index (κ2) is 13.2. The molecule has 0 saturated heterocycles. The Morgan fingerprint density at radius 1 is 0.444 bits per heavy atom. The van der Waals surface area contributed by atoms with Crippen molar-refractivity contribution in [2.45, 2.75) is 25.7 Å². The highest BCUT2D eigenvalue weighted by atomic mass is 35.5. The highest BCUT2D eigenvalue weighted by molar-refractivity contribution is 6.30. The Balaban J connectivity index is 0.975. The molecule has 220 valence electrons. The van der Waals surface area contributed by atoms with Crippen molar-refractivity contribution in [3.05, 3.63) is 179 Å². The molecule has 0 spiro atoms. The van der Waals surface area contributed by atoms with Gasteiger partial charge in [-0.2, -0.15) is 0 Å². The van der Waals surface area contributed by atoms with Crippen LogP contribution in [0.4, 0.5) is 0 Å². The predicted octanol–water partition coefficient (Wildman–Crippen LogP) is 9.62. The van der Waals surface area contributed by atoms with Crippen LogP contribution in [0.3, 0.4) is 0 Å². The minimum Gasteiger partial charge on any atom is -0.300 e. The quantitative estimate of drug-likeness (QED) is 0.156. The van der Waals surface area contributed by atoms with Crippen LogP contribution >= 0.6 is 11.6 Å². The van der Waals surface area contributed by atoms with E-state index in [0.717, 1.165) is 64.9 Å². The van der Waals surface area contributed by atoms with E-state index in [1.54, 1.807) is 0 Å². The monoisotopic (exact) mass is 604 g/mol. The van der Waals surface area contributed by atoms with Crippen LogP contribution in [0.25, 0.3) is 34.2 Å². The number of para-hydroxylation sites is 2. The van der Waals surface area contributed by atoms with Crippen LogP contribution in [0, 0.1) is 0 Å². The average Bonchev–Trinajstić information content (AvgIpc) is 3.79. The lowest BCUT2D eigenvalue weighted by Gasteiger charge is -2.10. The molecule has 0 aliphatic rings. The molecule has 0 fully saturated rings. The van der Waals surface area contributed by atoms with E-state index in [0.29, 0.717) is 0 Å². The van der Waals surface area contributed by atoms with E-state index in [-0.39, 0.29) is 0 Å². The van der Waals surface area contributed by atoms with E-state index in [9.17, 15) is 0 Å². The van der Waals surface area contributed by atoms with Gasteiger partial charge in [0.15, 0.2) is 0 Å². The summed E-state index contributed by atoms with van der Waals surface area (Å²) in [5, 5.41) is 0.800. The van der Waals surface area contributed by atoms with Gasteiger partial charge in [0.2, 0.25) is 0 Å². The molecule has 0 bridgehead atoms. The Morgan fingerprint density at radius 3 is 1.27 bits per heavy atom. The second-order valence-corrected chi connectivity index (χ2v) is 11.7. The Bertz CT molecular complexity index is 1850. The van der Waals surface area contributed by atoms with Crippen LogP contribution in [-0.2, 0) is 25.7 Å². The summed E-state index contributed by atoms with van der Waals surface area (Å²) in [4.78, 5) is 9.24. The maximum atomic E-state index is 6.58. The molecule has 0 aliphatic carbocycles. The van der Waals surface area contributed by atoms with Crippen molar-refractivity contribution in [1.82, 2.24) is 19.1 Å². The smallest absolute Gasteiger partial charge is 0.144 e. The molecule has 5 heteroatoms. The molecule has 7 rings (SSSR count). The van der Waals surface area contributed by atoms with Crippen molar-refractivity contribution in [2.75, 3.05) is 0 Å². The molecule has 5 aromatic carbocycles.